The second-order valence-corrected chi connectivity index (χ2v) is 12.8. The lowest BCUT2D eigenvalue weighted by Gasteiger charge is -2.36. The number of fused-ring (bicyclic) bond motifs is 8. The van der Waals surface area contributed by atoms with Crippen LogP contribution in [0.5, 0.6) is 11.5 Å². The van der Waals surface area contributed by atoms with Gasteiger partial charge in [-0.2, -0.15) is 18.1 Å². The van der Waals surface area contributed by atoms with Crippen molar-refractivity contribution >= 4 is 49.4 Å². The van der Waals surface area contributed by atoms with E-state index in [-0.39, 0.29) is 0 Å². The molecule has 0 aliphatic carbocycles. The smallest absolute Gasteiger partial charge is 0.318 e. The highest BCUT2D eigenvalue weighted by atomic mass is 16.5. The Hall–Kier alpha value is -6.08. The van der Waals surface area contributed by atoms with Crippen LogP contribution in [0.15, 0.2) is 110 Å². The molecule has 214 valence electrons. The van der Waals surface area contributed by atoms with Crippen molar-refractivity contribution < 1.29 is 13.9 Å². The van der Waals surface area contributed by atoms with Crippen molar-refractivity contribution in [1.82, 2.24) is 18.9 Å². The average Bonchev–Trinajstić information content (AvgIpc) is 3.73. The summed E-state index contributed by atoms with van der Waals surface area (Å²) in [6.07, 6.45) is 8.20. The number of nitrogens with zero attached hydrogens (tertiary/aromatic N) is 6. The minimum atomic E-state index is -0.747. The molecule has 7 heteroatoms. The maximum atomic E-state index is 6.92. The Morgan fingerprint density at radius 2 is 1.50 bits per heavy atom. The first-order valence-corrected chi connectivity index (χ1v) is 15.7. The fourth-order valence-electron chi connectivity index (χ4n) is 9.11. The molecule has 0 bridgehead atoms. The number of imidazole rings is 1. The fraction of sp³-hybridized carbons (Fsp3) is 0.0769. The molecular formula is C39H24N6O+2. The highest BCUT2D eigenvalue weighted by Crippen LogP contribution is 2.57. The molecule has 3 aliphatic rings. The van der Waals surface area contributed by atoms with E-state index in [1.807, 2.05) is 0 Å². The van der Waals surface area contributed by atoms with Crippen molar-refractivity contribution in [3.63, 3.8) is 0 Å². The lowest BCUT2D eigenvalue weighted by atomic mass is 9.83. The number of hydrogen-bond acceptors (Lipinski definition) is 3. The summed E-state index contributed by atoms with van der Waals surface area (Å²) in [5.74, 6) is 2.85. The van der Waals surface area contributed by atoms with Gasteiger partial charge in [0, 0.05) is 40.2 Å². The van der Waals surface area contributed by atoms with Gasteiger partial charge in [-0.1, -0.05) is 36.4 Å². The van der Waals surface area contributed by atoms with Gasteiger partial charge in [0.15, 0.2) is 11.2 Å². The normalized spacial score (nSPS) is 16.7. The van der Waals surface area contributed by atoms with E-state index in [4.69, 9.17) is 14.7 Å². The van der Waals surface area contributed by atoms with Crippen LogP contribution in [0, 0.1) is 13.8 Å². The van der Waals surface area contributed by atoms with Crippen LogP contribution in [0.1, 0.15) is 22.3 Å². The predicted molar refractivity (Wildman–Crippen MR) is 176 cm³/mol. The number of ether oxygens (including phenoxy) is 1. The van der Waals surface area contributed by atoms with E-state index in [1.54, 1.807) is 12.4 Å². The third-order valence-corrected chi connectivity index (χ3v) is 10.7. The van der Waals surface area contributed by atoms with Crippen LogP contribution in [0.2, 0.25) is 0 Å². The summed E-state index contributed by atoms with van der Waals surface area (Å²) >= 11 is 0. The monoisotopic (exact) mass is 592 g/mol. The number of aromatic nitrogens is 6. The lowest BCUT2D eigenvalue weighted by molar-refractivity contribution is -0.956. The van der Waals surface area contributed by atoms with Crippen LogP contribution in [-0.2, 0) is 5.66 Å². The van der Waals surface area contributed by atoms with Crippen molar-refractivity contribution in [3.05, 3.63) is 132 Å². The second kappa shape index (κ2) is 7.41. The molecule has 1 unspecified atom stereocenters. The van der Waals surface area contributed by atoms with Crippen LogP contribution in [0.4, 0.5) is 0 Å². The summed E-state index contributed by atoms with van der Waals surface area (Å²) in [7, 11) is 0. The maximum absolute atomic E-state index is 6.92. The number of rotatable bonds is 1. The molecule has 0 N–H and O–H groups in total. The summed E-state index contributed by atoms with van der Waals surface area (Å²) in [5.41, 5.74) is 11.5. The van der Waals surface area contributed by atoms with E-state index < -0.39 is 5.66 Å². The predicted octanol–water partition coefficient (Wildman–Crippen LogP) is 7.02. The van der Waals surface area contributed by atoms with Gasteiger partial charge in [-0.25, -0.2) is 9.97 Å². The Balaban J connectivity index is 1.41. The number of hydrogen-bond donors (Lipinski definition) is 0. The van der Waals surface area contributed by atoms with E-state index in [0.29, 0.717) is 0 Å². The number of pyridine rings is 2. The maximum Gasteiger partial charge on any atom is 0.318 e. The standard InChI is InChI=1S/C39H24N6O/c1-21-8-7-9-22(2)31(21)27-20-43-38-32-25(35-37(45(27)38)41-18-17-40-35)14-16-28-33(32)39(43)34-29(46-28)15-13-24-23-10-3-4-11-26(23)44(36(24)34)30-12-5-6-19-42(30)39/h3-20H,1-2H3/q+2. The molecule has 7 nitrogen and oxygen atoms in total. The fourth-order valence-corrected chi connectivity index (χ4v) is 9.11. The molecule has 8 heterocycles. The van der Waals surface area contributed by atoms with E-state index in [2.05, 4.69) is 129 Å². The minimum Gasteiger partial charge on any atom is -0.456 e. The Bertz CT molecular complexity index is 2910. The molecule has 3 aliphatic heterocycles. The molecule has 1 spiro atoms. The van der Waals surface area contributed by atoms with Gasteiger partial charge >= 0.3 is 11.3 Å². The van der Waals surface area contributed by atoms with E-state index in [9.17, 15) is 0 Å². The van der Waals surface area contributed by atoms with Crippen LogP contribution < -0.4 is 13.9 Å². The topological polar surface area (TPSA) is 52.1 Å². The third kappa shape index (κ3) is 2.27. The van der Waals surface area contributed by atoms with E-state index >= 15 is 0 Å². The third-order valence-electron chi connectivity index (χ3n) is 10.7. The van der Waals surface area contributed by atoms with Gasteiger partial charge in [0.1, 0.15) is 39.9 Å². The van der Waals surface area contributed by atoms with Gasteiger partial charge in [0.05, 0.1) is 11.6 Å². The molecule has 12 rings (SSSR count). The Kier molecular flexibility index (Phi) is 3.76. The summed E-state index contributed by atoms with van der Waals surface area (Å²) < 4.78 is 16.7. The van der Waals surface area contributed by atoms with Crippen molar-refractivity contribution in [1.29, 1.82) is 0 Å². The Labute approximate surface area is 261 Å². The largest absolute Gasteiger partial charge is 0.456 e. The van der Waals surface area contributed by atoms with Crippen molar-refractivity contribution in [3.8, 4) is 28.6 Å². The SMILES string of the molecule is Cc1cccc(C)c1-c1c[n+]2c3c4c5c(ccc4c4nccnc4n13)Oc1ccc3c4ccccc4n4c3c1C52[n+]1ccccc1-4. The summed E-state index contributed by atoms with van der Waals surface area (Å²) in [4.78, 5) is 9.97. The molecule has 0 amide bonds. The molecular weight excluding hydrogens is 568 g/mol. The van der Waals surface area contributed by atoms with Crippen LogP contribution >= 0.6 is 0 Å². The van der Waals surface area contributed by atoms with Gasteiger partial charge < -0.3 is 4.74 Å². The second-order valence-electron chi connectivity index (χ2n) is 12.8. The quantitative estimate of drug-likeness (QED) is 0.152. The number of para-hydroxylation sites is 1. The molecule has 46 heavy (non-hydrogen) atoms. The highest BCUT2D eigenvalue weighted by Gasteiger charge is 2.65. The van der Waals surface area contributed by atoms with Gasteiger partial charge in [-0.05, 0) is 67.4 Å². The number of aryl methyl sites for hydroxylation is 2. The van der Waals surface area contributed by atoms with Crippen molar-refractivity contribution in [2.45, 2.75) is 19.5 Å². The lowest BCUT2D eigenvalue weighted by Crippen LogP contribution is -2.75. The van der Waals surface area contributed by atoms with Crippen LogP contribution in [0.3, 0.4) is 0 Å². The average molecular weight is 593 g/mol. The first kappa shape index (κ1) is 23.3. The molecule has 1 atom stereocenters. The van der Waals surface area contributed by atoms with Crippen LogP contribution in [0.25, 0.3) is 66.5 Å². The van der Waals surface area contributed by atoms with Crippen molar-refractivity contribution in [2.24, 2.45) is 0 Å². The Morgan fingerprint density at radius 3 is 2.39 bits per heavy atom. The molecule has 4 aromatic carbocycles. The molecule has 0 radical (unpaired) electrons. The van der Waals surface area contributed by atoms with Crippen molar-refractivity contribution in [2.75, 3.05) is 0 Å². The zero-order valence-electron chi connectivity index (χ0n) is 25.0. The van der Waals surface area contributed by atoms with Gasteiger partial charge in [0.25, 0.3) is 11.5 Å². The Morgan fingerprint density at radius 1 is 0.717 bits per heavy atom. The van der Waals surface area contributed by atoms with E-state index in [0.717, 1.165) is 61.7 Å². The first-order valence-electron chi connectivity index (χ1n) is 15.7. The van der Waals surface area contributed by atoms with Gasteiger partial charge in [-0.15, -0.1) is 0 Å². The molecule has 0 fully saturated rings. The zero-order chi connectivity index (χ0) is 30.1. The molecule has 5 aromatic heterocycles. The summed E-state index contributed by atoms with van der Waals surface area (Å²) in [6, 6.07) is 30.5. The van der Waals surface area contributed by atoms with Crippen LogP contribution in [-0.4, -0.2) is 18.9 Å². The highest BCUT2D eigenvalue weighted by molar-refractivity contribution is 6.15. The van der Waals surface area contributed by atoms with E-state index in [1.165, 1.54) is 38.5 Å². The zero-order valence-corrected chi connectivity index (χ0v) is 25.0. The first-order chi connectivity index (χ1) is 22.7. The summed E-state index contributed by atoms with van der Waals surface area (Å²) in [6.45, 7) is 4.40. The minimum absolute atomic E-state index is 0.747. The molecule has 0 saturated carbocycles. The van der Waals surface area contributed by atoms with Gasteiger partial charge in [0.2, 0.25) is 0 Å². The van der Waals surface area contributed by atoms with Gasteiger partial charge in [-0.3, -0.25) is 0 Å². The summed E-state index contributed by atoms with van der Waals surface area (Å²) in [5, 5.41) is 4.68. The molecule has 9 aromatic rings. The molecule has 0 saturated heterocycles. The number of benzene rings is 4.